The van der Waals surface area contributed by atoms with Gasteiger partial charge in [0.05, 0.1) is 6.10 Å². The molecule has 1 atom stereocenters. The predicted octanol–water partition coefficient (Wildman–Crippen LogP) is 1.21. The first-order chi connectivity index (χ1) is 10.2. The monoisotopic (exact) mass is 324 g/mol. The Bertz CT molecular complexity index is 463. The van der Waals surface area contributed by atoms with Crippen molar-refractivity contribution >= 4 is 34.7 Å². The molecule has 2 rings (SSSR count). The minimum absolute atomic E-state index is 0.257. The van der Waals surface area contributed by atoms with Gasteiger partial charge in [-0.15, -0.1) is 0 Å². The van der Waals surface area contributed by atoms with Crippen LogP contribution in [0.2, 0.25) is 0 Å². The third kappa shape index (κ3) is 6.24. The van der Waals surface area contributed by atoms with Gasteiger partial charge in [0.25, 0.3) is 0 Å². The van der Waals surface area contributed by atoms with Gasteiger partial charge in [-0.25, -0.2) is 0 Å². The second-order valence-electron chi connectivity index (χ2n) is 4.76. The van der Waals surface area contributed by atoms with E-state index in [-0.39, 0.29) is 6.10 Å². The van der Waals surface area contributed by atoms with Crippen LogP contribution in [0.1, 0.15) is 18.4 Å². The Kier molecular flexibility index (Phi) is 6.65. The second kappa shape index (κ2) is 8.76. The molecule has 0 bridgehead atoms. The fraction of sp³-hybridized carbons (Fsp3) is 0.429. The van der Waals surface area contributed by atoms with Crippen LogP contribution in [0, 0.1) is 0 Å². The molecule has 1 saturated heterocycles. The molecule has 0 aromatic heterocycles. The quantitative estimate of drug-likeness (QED) is 0.491. The van der Waals surface area contributed by atoms with Crippen molar-refractivity contribution in [3.05, 3.63) is 35.9 Å². The lowest BCUT2D eigenvalue weighted by Gasteiger charge is -2.16. The maximum atomic E-state index is 5.51. The second-order valence-corrected chi connectivity index (χ2v) is 5.58. The summed E-state index contributed by atoms with van der Waals surface area (Å²) in [6, 6.07) is 10.1. The standard InChI is InChI=1S/C14H20N4OS2/c20-13(15-9-11-5-2-1-3-6-11)17-18-14(21)16-10-12-7-4-8-19-12/h1-3,5-6,12H,4,7-10H2,(H2,15,17,20)(H2,16,18,21). The van der Waals surface area contributed by atoms with Crippen LogP contribution in [-0.4, -0.2) is 29.5 Å². The third-order valence-electron chi connectivity index (χ3n) is 3.10. The van der Waals surface area contributed by atoms with E-state index in [1.165, 1.54) is 5.56 Å². The van der Waals surface area contributed by atoms with Crippen LogP contribution in [0.4, 0.5) is 0 Å². The first-order valence-corrected chi connectivity index (χ1v) is 7.79. The molecule has 1 aromatic rings. The molecule has 0 aliphatic carbocycles. The topological polar surface area (TPSA) is 57.3 Å². The van der Waals surface area contributed by atoms with Crippen molar-refractivity contribution in [2.45, 2.75) is 25.5 Å². The highest BCUT2D eigenvalue weighted by molar-refractivity contribution is 7.80. The molecule has 1 heterocycles. The van der Waals surface area contributed by atoms with Crippen molar-refractivity contribution in [1.82, 2.24) is 21.5 Å². The summed E-state index contributed by atoms with van der Waals surface area (Å²) in [7, 11) is 0. The lowest BCUT2D eigenvalue weighted by molar-refractivity contribution is 0.114. The number of nitrogens with one attached hydrogen (secondary N) is 4. The SMILES string of the molecule is S=C(NCc1ccccc1)NNC(=S)NCC1CCCO1. The summed E-state index contributed by atoms with van der Waals surface area (Å²) in [4.78, 5) is 0. The highest BCUT2D eigenvalue weighted by Gasteiger charge is 2.15. The van der Waals surface area contributed by atoms with Crippen molar-refractivity contribution in [2.24, 2.45) is 0 Å². The van der Waals surface area contributed by atoms with Crippen molar-refractivity contribution in [3.8, 4) is 0 Å². The zero-order valence-corrected chi connectivity index (χ0v) is 13.4. The van der Waals surface area contributed by atoms with Gasteiger partial charge in [-0.3, -0.25) is 10.9 Å². The normalized spacial score (nSPS) is 17.0. The van der Waals surface area contributed by atoms with Gasteiger partial charge < -0.3 is 15.4 Å². The van der Waals surface area contributed by atoms with E-state index in [1.54, 1.807) is 0 Å². The van der Waals surface area contributed by atoms with Gasteiger partial charge in [0.15, 0.2) is 10.2 Å². The van der Waals surface area contributed by atoms with Crippen LogP contribution in [-0.2, 0) is 11.3 Å². The molecule has 0 spiro atoms. The Balaban J connectivity index is 1.56. The number of hydrogen-bond acceptors (Lipinski definition) is 3. The van der Waals surface area contributed by atoms with E-state index in [9.17, 15) is 0 Å². The van der Waals surface area contributed by atoms with Crippen LogP contribution in [0.15, 0.2) is 30.3 Å². The Morgan fingerprint density at radius 1 is 1.10 bits per heavy atom. The summed E-state index contributed by atoms with van der Waals surface area (Å²) in [6.07, 6.45) is 2.46. The predicted molar refractivity (Wildman–Crippen MR) is 91.7 cm³/mol. The van der Waals surface area contributed by atoms with Crippen molar-refractivity contribution < 1.29 is 4.74 Å². The van der Waals surface area contributed by atoms with E-state index in [2.05, 4.69) is 21.5 Å². The van der Waals surface area contributed by atoms with Gasteiger partial charge in [0, 0.05) is 19.7 Å². The molecule has 5 nitrogen and oxygen atoms in total. The Hall–Kier alpha value is -1.44. The molecular formula is C14H20N4OS2. The van der Waals surface area contributed by atoms with E-state index in [0.29, 0.717) is 16.8 Å². The van der Waals surface area contributed by atoms with Crippen LogP contribution < -0.4 is 21.5 Å². The third-order valence-corrected chi connectivity index (χ3v) is 3.59. The maximum Gasteiger partial charge on any atom is 0.185 e. The van der Waals surface area contributed by atoms with Gasteiger partial charge in [0.2, 0.25) is 0 Å². The molecule has 4 N–H and O–H groups in total. The van der Waals surface area contributed by atoms with E-state index >= 15 is 0 Å². The van der Waals surface area contributed by atoms with Gasteiger partial charge in [-0.05, 0) is 42.8 Å². The van der Waals surface area contributed by atoms with Crippen LogP contribution in [0.5, 0.6) is 0 Å². The fourth-order valence-electron chi connectivity index (χ4n) is 1.99. The van der Waals surface area contributed by atoms with E-state index in [4.69, 9.17) is 29.2 Å². The molecular weight excluding hydrogens is 304 g/mol. The lowest BCUT2D eigenvalue weighted by atomic mass is 10.2. The van der Waals surface area contributed by atoms with E-state index in [1.807, 2.05) is 30.3 Å². The summed E-state index contributed by atoms with van der Waals surface area (Å²) in [6.45, 7) is 2.24. The Morgan fingerprint density at radius 3 is 2.48 bits per heavy atom. The number of benzene rings is 1. The van der Waals surface area contributed by atoms with Gasteiger partial charge in [-0.2, -0.15) is 0 Å². The maximum absolute atomic E-state index is 5.51. The highest BCUT2D eigenvalue weighted by Crippen LogP contribution is 2.10. The molecule has 114 valence electrons. The summed E-state index contributed by atoms with van der Waals surface area (Å²) in [5.41, 5.74) is 6.87. The molecule has 7 heteroatoms. The van der Waals surface area contributed by atoms with Crippen molar-refractivity contribution in [1.29, 1.82) is 0 Å². The van der Waals surface area contributed by atoms with Crippen molar-refractivity contribution in [3.63, 3.8) is 0 Å². The molecule has 0 saturated carbocycles. The zero-order chi connectivity index (χ0) is 14.9. The lowest BCUT2D eigenvalue weighted by Crippen LogP contribution is -2.51. The summed E-state index contributed by atoms with van der Waals surface area (Å²) in [5.74, 6) is 0. The Labute approximate surface area is 135 Å². The molecule has 1 fully saturated rings. The molecule has 1 aliphatic heterocycles. The fourth-order valence-corrected chi connectivity index (χ4v) is 2.25. The minimum Gasteiger partial charge on any atom is -0.376 e. The molecule has 0 amide bonds. The number of hydrogen-bond donors (Lipinski definition) is 4. The first-order valence-electron chi connectivity index (χ1n) is 6.97. The van der Waals surface area contributed by atoms with Gasteiger partial charge >= 0.3 is 0 Å². The minimum atomic E-state index is 0.257. The number of thiocarbonyl (C=S) groups is 2. The average molecular weight is 324 g/mol. The first kappa shape index (κ1) is 15.9. The highest BCUT2D eigenvalue weighted by atomic mass is 32.1. The van der Waals surface area contributed by atoms with Crippen LogP contribution in [0.3, 0.4) is 0 Å². The summed E-state index contributed by atoms with van der Waals surface area (Å²) >= 11 is 10.3. The van der Waals surface area contributed by atoms with E-state index < -0.39 is 0 Å². The molecule has 21 heavy (non-hydrogen) atoms. The summed E-state index contributed by atoms with van der Waals surface area (Å²) in [5, 5.41) is 7.21. The summed E-state index contributed by atoms with van der Waals surface area (Å²) < 4.78 is 5.51. The largest absolute Gasteiger partial charge is 0.376 e. The van der Waals surface area contributed by atoms with Crippen LogP contribution in [0.25, 0.3) is 0 Å². The molecule has 0 radical (unpaired) electrons. The van der Waals surface area contributed by atoms with Gasteiger partial charge in [-0.1, -0.05) is 30.3 Å². The average Bonchev–Trinajstić information content (AvgIpc) is 3.03. The number of hydrazine groups is 1. The van der Waals surface area contributed by atoms with Gasteiger partial charge in [0.1, 0.15) is 0 Å². The van der Waals surface area contributed by atoms with Crippen molar-refractivity contribution in [2.75, 3.05) is 13.2 Å². The van der Waals surface area contributed by atoms with E-state index in [0.717, 1.165) is 26.0 Å². The zero-order valence-electron chi connectivity index (χ0n) is 11.7. The molecule has 1 aromatic carbocycles. The number of rotatable bonds is 4. The Morgan fingerprint density at radius 2 is 1.81 bits per heavy atom. The molecule has 1 aliphatic rings. The smallest absolute Gasteiger partial charge is 0.185 e. The molecule has 1 unspecified atom stereocenters. The number of ether oxygens (including phenoxy) is 1. The van der Waals surface area contributed by atoms with Crippen LogP contribution >= 0.6 is 24.4 Å².